The first-order valence-electron chi connectivity index (χ1n) is 6.34. The van der Waals surface area contributed by atoms with Gasteiger partial charge in [-0.25, -0.2) is 8.78 Å². The molecule has 2 aromatic carbocycles. The summed E-state index contributed by atoms with van der Waals surface area (Å²) in [6.07, 6.45) is 0.919. The molecule has 106 valence electrons. The van der Waals surface area contributed by atoms with Gasteiger partial charge < -0.3 is 15.8 Å². The van der Waals surface area contributed by atoms with Gasteiger partial charge in [0.15, 0.2) is 11.6 Å². The van der Waals surface area contributed by atoms with E-state index in [0.717, 1.165) is 24.3 Å². The third kappa shape index (κ3) is 3.38. The van der Waals surface area contributed by atoms with Crippen molar-refractivity contribution in [3.8, 4) is 5.75 Å². The lowest BCUT2D eigenvalue weighted by molar-refractivity contribution is 0.317. The van der Waals surface area contributed by atoms with Gasteiger partial charge in [0.1, 0.15) is 11.4 Å². The van der Waals surface area contributed by atoms with E-state index >= 15 is 0 Å². The molecule has 0 spiro atoms. The van der Waals surface area contributed by atoms with Gasteiger partial charge in [-0.1, -0.05) is 6.92 Å². The van der Waals surface area contributed by atoms with Crippen LogP contribution in [0.25, 0.3) is 0 Å². The van der Waals surface area contributed by atoms with Crippen LogP contribution in [-0.4, -0.2) is 6.61 Å². The molecule has 3 nitrogen and oxygen atoms in total. The second kappa shape index (κ2) is 6.23. The first kappa shape index (κ1) is 14.1. The molecule has 3 N–H and O–H groups in total. The average Bonchev–Trinajstić information content (AvgIpc) is 2.42. The Hall–Kier alpha value is -2.30. The minimum absolute atomic E-state index is 0.0499. The fourth-order valence-corrected chi connectivity index (χ4v) is 1.71. The third-order valence-corrected chi connectivity index (χ3v) is 2.66. The fourth-order valence-electron chi connectivity index (χ4n) is 1.71. The van der Waals surface area contributed by atoms with Crippen molar-refractivity contribution in [2.75, 3.05) is 17.7 Å². The number of ether oxygens (including phenoxy) is 1. The van der Waals surface area contributed by atoms with Crippen LogP contribution in [0, 0.1) is 11.6 Å². The molecular weight excluding hydrogens is 262 g/mol. The summed E-state index contributed by atoms with van der Waals surface area (Å²) in [5, 5.41) is 2.69. The number of hydrogen-bond acceptors (Lipinski definition) is 3. The molecule has 0 saturated carbocycles. The standard InChI is InChI=1S/C15H16F2N2O/c1-2-7-20-12-5-3-11(4-6-12)19-15-13(16)8-10(18)9-14(15)17/h3-6,8-9,19H,2,7,18H2,1H3. The SMILES string of the molecule is CCCOc1ccc(Nc2c(F)cc(N)cc2F)cc1. The molecule has 0 aromatic heterocycles. The number of nitrogens with one attached hydrogen (secondary N) is 1. The monoisotopic (exact) mass is 278 g/mol. The Morgan fingerprint density at radius 1 is 1.10 bits per heavy atom. The highest BCUT2D eigenvalue weighted by atomic mass is 19.1. The second-order valence-electron chi connectivity index (χ2n) is 4.36. The predicted octanol–water partition coefficient (Wildman–Crippen LogP) is 4.08. The Bertz CT molecular complexity index is 562. The first-order valence-corrected chi connectivity index (χ1v) is 6.34. The zero-order chi connectivity index (χ0) is 14.5. The molecule has 0 fully saturated rings. The van der Waals surface area contributed by atoms with E-state index in [2.05, 4.69) is 5.32 Å². The van der Waals surface area contributed by atoms with Crippen LogP contribution >= 0.6 is 0 Å². The zero-order valence-electron chi connectivity index (χ0n) is 11.1. The van der Waals surface area contributed by atoms with Crippen LogP contribution in [0.5, 0.6) is 5.75 Å². The van der Waals surface area contributed by atoms with Gasteiger partial charge in [0.05, 0.1) is 6.61 Å². The van der Waals surface area contributed by atoms with Crippen molar-refractivity contribution in [2.24, 2.45) is 0 Å². The lowest BCUT2D eigenvalue weighted by Crippen LogP contribution is -2.00. The molecule has 0 saturated heterocycles. The molecule has 0 bridgehead atoms. The smallest absolute Gasteiger partial charge is 0.151 e. The van der Waals surface area contributed by atoms with Gasteiger partial charge in [-0.3, -0.25) is 0 Å². The van der Waals surface area contributed by atoms with Crippen molar-refractivity contribution >= 4 is 17.1 Å². The molecule has 5 heteroatoms. The summed E-state index contributed by atoms with van der Waals surface area (Å²) in [4.78, 5) is 0. The number of hydrogen-bond donors (Lipinski definition) is 2. The quantitative estimate of drug-likeness (QED) is 0.810. The molecule has 0 atom stereocenters. The van der Waals surface area contributed by atoms with Gasteiger partial charge >= 0.3 is 0 Å². The van der Waals surface area contributed by atoms with Crippen LogP contribution in [0.3, 0.4) is 0 Å². The Balaban J connectivity index is 2.14. The lowest BCUT2D eigenvalue weighted by atomic mass is 10.2. The molecule has 0 aliphatic carbocycles. The summed E-state index contributed by atoms with van der Waals surface area (Å²) in [6.45, 7) is 2.65. The Morgan fingerprint density at radius 2 is 1.70 bits per heavy atom. The van der Waals surface area contributed by atoms with Crippen molar-refractivity contribution in [3.05, 3.63) is 48.0 Å². The van der Waals surface area contributed by atoms with Crippen molar-refractivity contribution in [1.29, 1.82) is 0 Å². The Morgan fingerprint density at radius 3 is 2.25 bits per heavy atom. The number of halogens is 2. The van der Waals surface area contributed by atoms with Crippen LogP contribution in [0.2, 0.25) is 0 Å². The number of anilines is 3. The van der Waals surface area contributed by atoms with Gasteiger partial charge in [0, 0.05) is 11.4 Å². The molecule has 2 aromatic rings. The van der Waals surface area contributed by atoms with Crippen LogP contribution in [-0.2, 0) is 0 Å². The van der Waals surface area contributed by atoms with Gasteiger partial charge in [-0.15, -0.1) is 0 Å². The van der Waals surface area contributed by atoms with E-state index in [4.69, 9.17) is 10.5 Å². The Kier molecular flexibility index (Phi) is 4.40. The van der Waals surface area contributed by atoms with Gasteiger partial charge in [0.25, 0.3) is 0 Å². The summed E-state index contributed by atoms with van der Waals surface area (Å²) < 4.78 is 32.7. The molecule has 0 heterocycles. The van der Waals surface area contributed by atoms with Gasteiger partial charge in [-0.2, -0.15) is 0 Å². The van der Waals surface area contributed by atoms with Crippen molar-refractivity contribution in [2.45, 2.75) is 13.3 Å². The second-order valence-corrected chi connectivity index (χ2v) is 4.36. The van der Waals surface area contributed by atoms with Crippen LogP contribution in [0.15, 0.2) is 36.4 Å². The van der Waals surface area contributed by atoms with Crippen LogP contribution < -0.4 is 15.8 Å². The minimum atomic E-state index is -0.728. The van der Waals surface area contributed by atoms with E-state index < -0.39 is 11.6 Å². The van der Waals surface area contributed by atoms with Gasteiger partial charge in [-0.05, 0) is 42.8 Å². The summed E-state index contributed by atoms with van der Waals surface area (Å²) in [7, 11) is 0. The van der Waals surface area contributed by atoms with E-state index in [-0.39, 0.29) is 11.4 Å². The van der Waals surface area contributed by atoms with Crippen molar-refractivity contribution < 1.29 is 13.5 Å². The van der Waals surface area contributed by atoms with Gasteiger partial charge in [0.2, 0.25) is 0 Å². The predicted molar refractivity (Wildman–Crippen MR) is 76.3 cm³/mol. The molecule has 20 heavy (non-hydrogen) atoms. The van der Waals surface area contributed by atoms with E-state index in [1.165, 1.54) is 0 Å². The summed E-state index contributed by atoms with van der Waals surface area (Å²) >= 11 is 0. The number of rotatable bonds is 5. The van der Waals surface area contributed by atoms with Crippen LogP contribution in [0.1, 0.15) is 13.3 Å². The molecule has 0 amide bonds. The van der Waals surface area contributed by atoms with Crippen molar-refractivity contribution in [3.63, 3.8) is 0 Å². The highest BCUT2D eigenvalue weighted by molar-refractivity contribution is 5.63. The minimum Gasteiger partial charge on any atom is -0.494 e. The number of benzene rings is 2. The largest absolute Gasteiger partial charge is 0.494 e. The average molecular weight is 278 g/mol. The lowest BCUT2D eigenvalue weighted by Gasteiger charge is -2.10. The fraction of sp³-hybridized carbons (Fsp3) is 0.200. The highest BCUT2D eigenvalue weighted by Gasteiger charge is 2.10. The summed E-state index contributed by atoms with van der Waals surface area (Å²) in [5.74, 6) is -0.738. The molecular formula is C15H16F2N2O. The highest BCUT2D eigenvalue weighted by Crippen LogP contribution is 2.26. The van der Waals surface area contributed by atoms with E-state index in [1.807, 2.05) is 6.92 Å². The maximum atomic E-state index is 13.6. The van der Waals surface area contributed by atoms with E-state index in [0.29, 0.717) is 12.3 Å². The number of nitrogens with two attached hydrogens (primary N) is 1. The molecule has 0 aliphatic rings. The summed E-state index contributed by atoms with van der Waals surface area (Å²) in [5.41, 5.74) is 5.76. The van der Waals surface area contributed by atoms with Crippen LogP contribution in [0.4, 0.5) is 25.8 Å². The molecule has 0 unspecified atom stereocenters. The topological polar surface area (TPSA) is 47.3 Å². The zero-order valence-corrected chi connectivity index (χ0v) is 11.1. The van der Waals surface area contributed by atoms with Crippen molar-refractivity contribution in [1.82, 2.24) is 0 Å². The normalized spacial score (nSPS) is 10.3. The molecule has 0 radical (unpaired) electrons. The summed E-state index contributed by atoms with van der Waals surface area (Å²) in [6, 6.07) is 9.02. The third-order valence-electron chi connectivity index (χ3n) is 2.66. The maximum absolute atomic E-state index is 13.6. The maximum Gasteiger partial charge on any atom is 0.151 e. The molecule has 0 aliphatic heterocycles. The first-order chi connectivity index (χ1) is 9.60. The van der Waals surface area contributed by atoms with E-state index in [9.17, 15) is 8.78 Å². The Labute approximate surface area is 116 Å². The number of nitrogen functional groups attached to an aromatic ring is 1. The molecule has 2 rings (SSSR count). The van der Waals surface area contributed by atoms with E-state index in [1.54, 1.807) is 24.3 Å².